The normalized spacial score (nSPS) is 21.2. The summed E-state index contributed by atoms with van der Waals surface area (Å²) in [5.74, 6) is 0. The molecule has 1 fully saturated rings. The van der Waals surface area contributed by atoms with E-state index in [2.05, 4.69) is 246 Å². The van der Waals surface area contributed by atoms with Gasteiger partial charge in [-0.25, -0.2) is 0 Å². The number of benzene rings is 7. The van der Waals surface area contributed by atoms with Crippen molar-refractivity contribution in [1.29, 1.82) is 0 Å². The van der Waals surface area contributed by atoms with Gasteiger partial charge in [0.25, 0.3) is 6.71 Å². The first-order chi connectivity index (χ1) is 34.8. The Balaban J connectivity index is 1.14. The molecule has 1 saturated carbocycles. The lowest BCUT2D eigenvalue weighted by Crippen LogP contribution is -2.61. The molecular weight excluding hydrogens is 894 g/mol. The Labute approximate surface area is 442 Å². The van der Waals surface area contributed by atoms with Gasteiger partial charge in [0, 0.05) is 66.7 Å². The minimum Gasteiger partial charge on any atom is -0.334 e. The van der Waals surface area contributed by atoms with Crippen LogP contribution in [0.5, 0.6) is 0 Å². The Morgan fingerprint density at radius 3 is 1.86 bits per heavy atom. The van der Waals surface area contributed by atoms with Gasteiger partial charge in [-0.1, -0.05) is 189 Å². The molecule has 4 bridgehead atoms. The molecular formula is C70H74BN3. The molecule has 0 saturated heterocycles. The second-order valence-corrected chi connectivity index (χ2v) is 28.2. The van der Waals surface area contributed by atoms with E-state index in [1.165, 1.54) is 148 Å². The Morgan fingerprint density at radius 1 is 0.486 bits per heavy atom. The Bertz CT molecular complexity index is 3780. The number of rotatable bonds is 1. The van der Waals surface area contributed by atoms with Crippen LogP contribution in [0, 0.1) is 0 Å². The van der Waals surface area contributed by atoms with E-state index in [9.17, 15) is 0 Å². The van der Waals surface area contributed by atoms with E-state index in [0.29, 0.717) is 0 Å². The molecule has 0 N–H and O–H groups in total. The highest BCUT2D eigenvalue weighted by Gasteiger charge is 2.58. The molecule has 4 heteroatoms. The molecule has 0 spiro atoms. The van der Waals surface area contributed by atoms with Crippen LogP contribution >= 0.6 is 0 Å². The van der Waals surface area contributed by atoms with Gasteiger partial charge in [0.05, 0.1) is 16.9 Å². The molecule has 3 nitrogen and oxygen atoms in total. The van der Waals surface area contributed by atoms with Crippen molar-refractivity contribution < 1.29 is 0 Å². The molecule has 5 aliphatic heterocycles. The summed E-state index contributed by atoms with van der Waals surface area (Å²) < 4.78 is 2.76. The Morgan fingerprint density at radius 2 is 1.15 bits per heavy atom. The summed E-state index contributed by atoms with van der Waals surface area (Å²) >= 11 is 0. The monoisotopic (exact) mass is 968 g/mol. The van der Waals surface area contributed by atoms with Crippen LogP contribution in [0.25, 0.3) is 39.0 Å². The summed E-state index contributed by atoms with van der Waals surface area (Å²) in [7, 11) is 0. The van der Waals surface area contributed by atoms with Crippen LogP contribution in [0.4, 0.5) is 28.4 Å². The average Bonchev–Trinajstić information content (AvgIpc) is 3.97. The molecule has 2 unspecified atom stereocenters. The standard InChI is InChI=1S/C70H74BN3/c1-64(2,3)43-26-30-55-49(34-43)41-22-24-42(25-23-41)67(10,11)46-38-58-61-59(39-46)73-62-50(60-63(73)48-20-16-17-21-51(48)68(60,12)13)35-45(66(7,8)9)37-54(62)71(61)53-29-28-47(40-57(53)72(55)58)74-56-31-27-44(65(4,5)6)36-52(56)69(14)32-18-19-33-70(69,74)15/h16-17,20-31,34-40H,18-19,32-33H2,1-15H3. The van der Waals surface area contributed by atoms with Crippen molar-refractivity contribution >= 4 is 62.4 Å². The van der Waals surface area contributed by atoms with Gasteiger partial charge in [0.2, 0.25) is 0 Å². The third-order valence-corrected chi connectivity index (χ3v) is 20.2. The number of anilines is 5. The Kier molecular flexibility index (Phi) is 8.98. The number of aromatic nitrogens is 1. The van der Waals surface area contributed by atoms with Gasteiger partial charge in [-0.05, 0) is 151 Å². The van der Waals surface area contributed by atoms with Crippen LogP contribution in [0.2, 0.25) is 0 Å². The van der Waals surface area contributed by atoms with Gasteiger partial charge in [0.1, 0.15) is 0 Å². The van der Waals surface area contributed by atoms with Crippen LogP contribution < -0.4 is 26.2 Å². The highest BCUT2D eigenvalue weighted by molar-refractivity contribution is 7.00. The first-order valence-corrected chi connectivity index (χ1v) is 28.0. The van der Waals surface area contributed by atoms with E-state index in [1.54, 1.807) is 0 Å². The van der Waals surface area contributed by atoms with Crippen molar-refractivity contribution in [3.63, 3.8) is 0 Å². The number of fused-ring (bicyclic) bond motifs is 14. The zero-order chi connectivity index (χ0) is 51.8. The van der Waals surface area contributed by atoms with E-state index in [4.69, 9.17) is 0 Å². The maximum Gasteiger partial charge on any atom is 0.252 e. The molecule has 372 valence electrons. The zero-order valence-corrected chi connectivity index (χ0v) is 46.9. The largest absolute Gasteiger partial charge is 0.334 e. The van der Waals surface area contributed by atoms with E-state index in [0.717, 1.165) is 6.42 Å². The lowest BCUT2D eigenvalue weighted by Gasteiger charge is -2.50. The van der Waals surface area contributed by atoms with Crippen LogP contribution in [0.15, 0.2) is 127 Å². The van der Waals surface area contributed by atoms with Crippen molar-refractivity contribution in [2.45, 2.75) is 168 Å². The molecule has 7 aliphatic rings. The smallest absolute Gasteiger partial charge is 0.252 e. The van der Waals surface area contributed by atoms with Crippen LogP contribution in [0.1, 0.15) is 174 Å². The fourth-order valence-electron chi connectivity index (χ4n) is 15.5. The second-order valence-electron chi connectivity index (χ2n) is 28.2. The maximum atomic E-state index is 2.82. The topological polar surface area (TPSA) is 11.4 Å². The molecule has 15 rings (SSSR count). The lowest BCUT2D eigenvalue weighted by atomic mass is 9.33. The van der Waals surface area contributed by atoms with Crippen molar-refractivity contribution in [1.82, 2.24) is 4.57 Å². The van der Waals surface area contributed by atoms with Gasteiger partial charge in [0.15, 0.2) is 0 Å². The average molecular weight is 968 g/mol. The van der Waals surface area contributed by atoms with Crippen molar-refractivity contribution in [3.8, 4) is 28.1 Å². The molecule has 2 atom stereocenters. The third kappa shape index (κ3) is 5.81. The van der Waals surface area contributed by atoms with Gasteiger partial charge in [-0.2, -0.15) is 0 Å². The molecule has 8 aromatic rings. The van der Waals surface area contributed by atoms with E-state index < -0.39 is 0 Å². The van der Waals surface area contributed by atoms with E-state index in [1.807, 2.05) is 0 Å². The van der Waals surface area contributed by atoms with E-state index in [-0.39, 0.29) is 44.7 Å². The maximum absolute atomic E-state index is 2.82. The van der Waals surface area contributed by atoms with Gasteiger partial charge >= 0.3 is 0 Å². The summed E-state index contributed by atoms with van der Waals surface area (Å²) in [5.41, 5.74) is 29.3. The van der Waals surface area contributed by atoms with E-state index >= 15 is 0 Å². The number of nitrogens with zero attached hydrogens (tertiary/aromatic N) is 3. The van der Waals surface area contributed by atoms with Gasteiger partial charge in [-0.15, -0.1) is 0 Å². The molecule has 2 aliphatic carbocycles. The minimum atomic E-state index is -0.297. The number of hydrogen-bond acceptors (Lipinski definition) is 2. The zero-order valence-electron chi connectivity index (χ0n) is 46.9. The summed E-state index contributed by atoms with van der Waals surface area (Å²) in [6.07, 6.45) is 4.86. The summed E-state index contributed by atoms with van der Waals surface area (Å²) in [5, 5.41) is 1.40. The third-order valence-electron chi connectivity index (χ3n) is 20.2. The first kappa shape index (κ1) is 46.3. The summed E-state index contributed by atoms with van der Waals surface area (Å²) in [6, 6.07) is 52.1. The quantitative estimate of drug-likeness (QED) is 0.152. The molecule has 1 aromatic heterocycles. The summed E-state index contributed by atoms with van der Waals surface area (Å²) in [6.45, 7) is 36.5. The molecule has 7 aromatic carbocycles. The van der Waals surface area contributed by atoms with Crippen molar-refractivity contribution in [2.24, 2.45) is 0 Å². The van der Waals surface area contributed by atoms with Crippen molar-refractivity contribution in [3.05, 3.63) is 172 Å². The van der Waals surface area contributed by atoms with Crippen molar-refractivity contribution in [2.75, 3.05) is 9.80 Å². The SMILES string of the molecule is CC(C)(C)c1ccc2c(c1)-c1ccc(cc1)C(C)(C)c1cc3c4c(c1)-n1c5c(c6cc(C(C)(C)C)cc(c61)B4c1ccc(N4c6ccc(C(C)(C)C)cc6C6(C)CCCCC46C)cc1N23)C(C)(C)c1ccccc1-5. The second kappa shape index (κ2) is 14.4. The predicted molar refractivity (Wildman–Crippen MR) is 317 cm³/mol. The van der Waals surface area contributed by atoms with Gasteiger partial charge < -0.3 is 14.4 Å². The number of hydrogen-bond donors (Lipinski definition) is 0. The van der Waals surface area contributed by atoms with Crippen LogP contribution in [-0.4, -0.2) is 16.8 Å². The molecule has 74 heavy (non-hydrogen) atoms. The first-order valence-electron chi connectivity index (χ1n) is 28.0. The highest BCUT2D eigenvalue weighted by atomic mass is 15.3. The molecule has 0 amide bonds. The lowest BCUT2D eigenvalue weighted by molar-refractivity contribution is 0.195. The van der Waals surface area contributed by atoms with Crippen LogP contribution in [-0.2, 0) is 32.5 Å². The minimum absolute atomic E-state index is 0.00888. The predicted octanol–water partition coefficient (Wildman–Crippen LogP) is 16.5. The summed E-state index contributed by atoms with van der Waals surface area (Å²) in [4.78, 5) is 5.56. The highest BCUT2D eigenvalue weighted by Crippen LogP contribution is 2.62. The van der Waals surface area contributed by atoms with Crippen LogP contribution in [0.3, 0.4) is 0 Å². The fourth-order valence-corrected chi connectivity index (χ4v) is 15.5. The Hall–Kier alpha value is -6.26. The van der Waals surface area contributed by atoms with Gasteiger partial charge in [-0.3, -0.25) is 0 Å². The molecule has 6 heterocycles. The fraction of sp³-hybridized carbons (Fsp3) is 0.371. The molecule has 0 radical (unpaired) electrons.